The Balaban J connectivity index is 0.766. The molecule has 0 saturated carbocycles. The maximum absolute atomic E-state index is 14.0. The minimum absolute atomic E-state index is 0.0225. The number of fused-ring (bicyclic) bond motifs is 2. The van der Waals surface area contributed by atoms with E-state index in [0.717, 1.165) is 72.4 Å². The highest BCUT2D eigenvalue weighted by Crippen LogP contribution is 2.43. The fourth-order valence-electron chi connectivity index (χ4n) is 9.24. The standard InChI is InChI=1S/C46H57ClN8O7/c1-29-26-36(56)41-39(29)42(51-28-50-41)53-22-24-54(25-23-53)44(60)34(30-13-15-32(47)16-14-30)27-48-21-19-37(57)49-20-8-6-4-2-3-5-7-10-31-11-9-12-33-40(31)46(62)55(45(33)61)35-17-18-38(58)52-43(35)59/h9,11-16,28-29,34-36,48,56H,2-8,10,17-27H2,1H3,(H,49,57)(H,52,58,59). The van der Waals surface area contributed by atoms with E-state index < -0.39 is 41.7 Å². The van der Waals surface area contributed by atoms with E-state index in [-0.39, 0.29) is 30.6 Å². The SMILES string of the molecule is CC1CC(O)c2ncnc(N3CCN(C(=O)C(CNCCC(=O)NCCCCCCCCCc4cccc5c4C(=O)N(C4CCC(=O)NC4=O)C5=O)c4ccc(Cl)cc4)CC3)c21. The van der Waals surface area contributed by atoms with E-state index in [4.69, 9.17) is 11.6 Å². The van der Waals surface area contributed by atoms with Crippen LogP contribution in [0.3, 0.4) is 0 Å². The van der Waals surface area contributed by atoms with Crippen LogP contribution in [0.4, 0.5) is 5.82 Å². The zero-order valence-corrected chi connectivity index (χ0v) is 36.1. The zero-order chi connectivity index (χ0) is 43.8. The second-order valence-electron chi connectivity index (χ2n) is 16.9. The van der Waals surface area contributed by atoms with Crippen molar-refractivity contribution in [1.82, 2.24) is 35.7 Å². The van der Waals surface area contributed by atoms with Crippen molar-refractivity contribution < 1.29 is 33.9 Å². The molecule has 62 heavy (non-hydrogen) atoms. The van der Waals surface area contributed by atoms with E-state index in [2.05, 4.69) is 37.7 Å². The van der Waals surface area contributed by atoms with Crippen molar-refractivity contribution >= 4 is 52.9 Å². The molecule has 3 aliphatic heterocycles. The van der Waals surface area contributed by atoms with Crippen LogP contribution in [0.5, 0.6) is 0 Å². The number of nitrogens with zero attached hydrogens (tertiary/aromatic N) is 5. The van der Waals surface area contributed by atoms with E-state index in [9.17, 15) is 33.9 Å². The molecule has 330 valence electrons. The Labute approximate surface area is 367 Å². The first-order chi connectivity index (χ1) is 30.0. The minimum atomic E-state index is -0.971. The van der Waals surface area contributed by atoms with Gasteiger partial charge in [-0.2, -0.15) is 0 Å². The molecule has 4 unspecified atom stereocenters. The molecule has 4 N–H and O–H groups in total. The summed E-state index contributed by atoms with van der Waals surface area (Å²) in [5.74, 6) is -1.39. The van der Waals surface area contributed by atoms with Gasteiger partial charge in [0.2, 0.25) is 23.6 Å². The second-order valence-corrected chi connectivity index (χ2v) is 17.3. The summed E-state index contributed by atoms with van der Waals surface area (Å²) in [4.78, 5) is 91.1. The quantitative estimate of drug-likeness (QED) is 0.0974. The highest BCUT2D eigenvalue weighted by molar-refractivity contribution is 6.30. The second kappa shape index (κ2) is 20.7. The van der Waals surface area contributed by atoms with E-state index in [1.54, 1.807) is 24.3 Å². The number of anilines is 1. The van der Waals surface area contributed by atoms with E-state index >= 15 is 0 Å². The lowest BCUT2D eigenvalue weighted by molar-refractivity contribution is -0.136. The van der Waals surface area contributed by atoms with Crippen LogP contribution in [0.15, 0.2) is 48.8 Å². The molecule has 2 fully saturated rings. The molecule has 1 aliphatic carbocycles. The molecule has 0 radical (unpaired) electrons. The van der Waals surface area contributed by atoms with E-state index in [1.165, 1.54) is 6.33 Å². The summed E-state index contributed by atoms with van der Waals surface area (Å²) in [5, 5.41) is 19.7. The van der Waals surface area contributed by atoms with Gasteiger partial charge in [-0.05, 0) is 67.3 Å². The molecule has 0 spiro atoms. The van der Waals surface area contributed by atoms with Gasteiger partial charge in [-0.15, -0.1) is 0 Å². The van der Waals surface area contributed by atoms with Crippen LogP contribution in [0.1, 0.15) is 139 Å². The summed E-state index contributed by atoms with van der Waals surface area (Å²) >= 11 is 6.18. The third-order valence-corrected chi connectivity index (χ3v) is 12.9. The number of unbranched alkanes of at least 4 members (excludes halogenated alkanes) is 6. The van der Waals surface area contributed by atoms with Gasteiger partial charge in [-0.25, -0.2) is 9.97 Å². The molecular weight excluding hydrogens is 812 g/mol. The molecule has 1 aromatic heterocycles. The van der Waals surface area contributed by atoms with Crippen molar-refractivity contribution in [3.8, 4) is 0 Å². The molecule has 0 bridgehead atoms. The van der Waals surface area contributed by atoms with Crippen LogP contribution < -0.4 is 20.9 Å². The van der Waals surface area contributed by atoms with Crippen LogP contribution in [0.2, 0.25) is 5.02 Å². The first-order valence-electron chi connectivity index (χ1n) is 22.1. The topological polar surface area (TPSA) is 194 Å². The fourth-order valence-corrected chi connectivity index (χ4v) is 9.36. The predicted octanol–water partition coefficient (Wildman–Crippen LogP) is 4.57. The van der Waals surface area contributed by atoms with Crippen molar-refractivity contribution in [3.63, 3.8) is 0 Å². The van der Waals surface area contributed by atoms with Crippen LogP contribution in [-0.4, -0.2) is 112 Å². The largest absolute Gasteiger partial charge is 0.387 e. The number of aryl methyl sites for hydroxylation is 1. The molecule has 2 saturated heterocycles. The number of nitrogens with one attached hydrogen (secondary N) is 3. The summed E-state index contributed by atoms with van der Waals surface area (Å²) in [5.41, 5.74) is 4.08. The van der Waals surface area contributed by atoms with Gasteiger partial charge in [-0.1, -0.05) is 74.9 Å². The maximum Gasteiger partial charge on any atom is 0.262 e. The van der Waals surface area contributed by atoms with Crippen LogP contribution in [0.25, 0.3) is 0 Å². The number of hydrogen-bond donors (Lipinski definition) is 4. The molecule has 16 heteroatoms. The Bertz CT molecular complexity index is 2140. The van der Waals surface area contributed by atoms with Crippen LogP contribution in [-0.2, 0) is 25.6 Å². The number of benzene rings is 2. The van der Waals surface area contributed by atoms with Crippen molar-refractivity contribution in [3.05, 3.63) is 87.3 Å². The average molecular weight is 869 g/mol. The van der Waals surface area contributed by atoms with Gasteiger partial charge in [-0.3, -0.25) is 39.0 Å². The highest BCUT2D eigenvalue weighted by Gasteiger charge is 2.45. The minimum Gasteiger partial charge on any atom is -0.387 e. The number of piperidine rings is 1. The summed E-state index contributed by atoms with van der Waals surface area (Å²) in [6.07, 6.45) is 9.63. The number of aliphatic hydroxyl groups excluding tert-OH is 1. The third-order valence-electron chi connectivity index (χ3n) is 12.6. The molecule has 15 nitrogen and oxygen atoms in total. The van der Waals surface area contributed by atoms with Gasteiger partial charge in [0, 0.05) is 69.2 Å². The van der Waals surface area contributed by atoms with Gasteiger partial charge >= 0.3 is 0 Å². The zero-order valence-electron chi connectivity index (χ0n) is 35.4. The first kappa shape index (κ1) is 44.8. The van der Waals surface area contributed by atoms with Gasteiger partial charge in [0.1, 0.15) is 18.2 Å². The van der Waals surface area contributed by atoms with Gasteiger partial charge in [0.25, 0.3) is 11.8 Å². The summed E-state index contributed by atoms with van der Waals surface area (Å²) in [6.45, 7) is 5.85. The number of hydrogen-bond acceptors (Lipinski definition) is 11. The number of halogens is 1. The number of amides is 6. The molecule has 7 rings (SSSR count). The van der Waals surface area contributed by atoms with Crippen molar-refractivity contribution in [2.24, 2.45) is 0 Å². The number of carbonyl (C=O) groups excluding carboxylic acids is 6. The van der Waals surface area contributed by atoms with Crippen LogP contribution in [0, 0.1) is 0 Å². The molecule has 3 aromatic rings. The Kier molecular flexibility index (Phi) is 15.0. The monoisotopic (exact) mass is 868 g/mol. The summed E-state index contributed by atoms with van der Waals surface area (Å²) < 4.78 is 0. The average Bonchev–Trinajstić information content (AvgIpc) is 3.71. The normalized spacial score (nSPS) is 20.3. The Morgan fingerprint density at radius 1 is 0.903 bits per heavy atom. The number of carbonyl (C=O) groups is 6. The van der Waals surface area contributed by atoms with Crippen molar-refractivity contribution in [2.45, 2.75) is 108 Å². The van der Waals surface area contributed by atoms with Crippen LogP contribution >= 0.6 is 11.6 Å². The molecule has 2 aromatic carbocycles. The lowest BCUT2D eigenvalue weighted by Crippen LogP contribution is -2.54. The highest BCUT2D eigenvalue weighted by atomic mass is 35.5. The molecule has 6 amide bonds. The number of aliphatic hydroxyl groups is 1. The summed E-state index contributed by atoms with van der Waals surface area (Å²) in [7, 11) is 0. The third kappa shape index (κ3) is 10.3. The number of rotatable bonds is 19. The maximum atomic E-state index is 14.0. The summed E-state index contributed by atoms with van der Waals surface area (Å²) in [6, 6.07) is 11.7. The molecule has 4 heterocycles. The molecule has 4 atom stereocenters. The lowest BCUT2D eigenvalue weighted by Gasteiger charge is -2.38. The van der Waals surface area contributed by atoms with Crippen molar-refractivity contribution in [2.75, 3.05) is 50.7 Å². The number of piperazine rings is 1. The van der Waals surface area contributed by atoms with E-state index in [0.29, 0.717) is 86.9 Å². The Morgan fingerprint density at radius 2 is 1.63 bits per heavy atom. The van der Waals surface area contributed by atoms with Gasteiger partial charge in [0.15, 0.2) is 0 Å². The fraction of sp³-hybridized carbons (Fsp3) is 0.522. The Morgan fingerprint density at radius 3 is 2.37 bits per heavy atom. The Hall–Kier alpha value is -5.25. The number of aromatic nitrogens is 2. The van der Waals surface area contributed by atoms with Gasteiger partial charge < -0.3 is 25.5 Å². The first-order valence-corrected chi connectivity index (χ1v) is 22.5. The molecule has 4 aliphatic rings. The smallest absolute Gasteiger partial charge is 0.262 e. The van der Waals surface area contributed by atoms with E-state index in [1.807, 2.05) is 23.1 Å². The van der Waals surface area contributed by atoms with Gasteiger partial charge in [0.05, 0.1) is 28.8 Å². The lowest BCUT2D eigenvalue weighted by atomic mass is 9.97. The van der Waals surface area contributed by atoms with Crippen molar-refractivity contribution in [1.29, 1.82) is 0 Å². The number of imide groups is 2. The predicted molar refractivity (Wildman–Crippen MR) is 233 cm³/mol. The molecular formula is C46H57ClN8O7.